The highest BCUT2D eigenvalue weighted by Crippen LogP contribution is 2.30. The van der Waals surface area contributed by atoms with Crippen LogP contribution in [0.25, 0.3) is 0 Å². The molecule has 14 heteroatoms. The SMILES string of the molecule is C.Cc1cc(=O)[nH]c(S(=O)(=O)Cc2c(Cl)cccc2Cl)n1.Cc1cc(=O)[nH]c(SCc2c(Cl)cccc2Cl)n1. The average Bonchev–Trinajstić information content (AvgIpc) is 2.80. The first-order valence-corrected chi connectivity index (χ1v) is 14.9. The molecular formula is C25H24Cl4N4O4S2. The van der Waals surface area contributed by atoms with E-state index in [2.05, 4.69) is 19.9 Å². The molecule has 4 rings (SSSR count). The maximum absolute atomic E-state index is 12.3. The van der Waals surface area contributed by atoms with Gasteiger partial charge in [0.1, 0.15) is 0 Å². The molecule has 2 aromatic heterocycles. The summed E-state index contributed by atoms with van der Waals surface area (Å²) in [4.78, 5) is 35.6. The molecule has 4 aromatic rings. The summed E-state index contributed by atoms with van der Waals surface area (Å²) in [5, 5.41) is 1.90. The van der Waals surface area contributed by atoms with E-state index in [1.54, 1.807) is 43.3 Å². The van der Waals surface area contributed by atoms with Crippen LogP contribution in [0.5, 0.6) is 0 Å². The standard InChI is InChI=1S/C12H10Cl2N2O3S.C12H10Cl2N2OS.CH4/c1-7-5-11(17)16-12(15-7)20(18,19)6-8-9(13)3-2-4-10(8)14;1-7-5-11(17)16-12(15-7)18-6-8-9(13)3-2-4-10(8)14;/h2-5H,6H2,1H3,(H,15,16,17);2-5H,6H2,1H3,(H,15,16,17);1H4. The molecule has 39 heavy (non-hydrogen) atoms. The lowest BCUT2D eigenvalue weighted by atomic mass is 10.2. The molecule has 0 fully saturated rings. The first-order chi connectivity index (χ1) is 17.9. The third-order valence-corrected chi connectivity index (χ3v) is 8.57. The molecule has 0 saturated heterocycles. The summed E-state index contributed by atoms with van der Waals surface area (Å²) in [5.74, 6) is 0.128. The van der Waals surface area contributed by atoms with Crippen molar-refractivity contribution in [2.75, 3.05) is 0 Å². The van der Waals surface area contributed by atoms with Crippen LogP contribution in [0.3, 0.4) is 0 Å². The first kappa shape index (κ1) is 32.9. The molecule has 208 valence electrons. The number of nitrogens with one attached hydrogen (secondary N) is 2. The van der Waals surface area contributed by atoms with Crippen molar-refractivity contribution in [1.82, 2.24) is 19.9 Å². The number of benzene rings is 2. The van der Waals surface area contributed by atoms with Gasteiger partial charge in [-0.2, -0.15) is 0 Å². The van der Waals surface area contributed by atoms with E-state index in [4.69, 9.17) is 46.4 Å². The van der Waals surface area contributed by atoms with Crippen molar-refractivity contribution in [2.24, 2.45) is 0 Å². The summed E-state index contributed by atoms with van der Waals surface area (Å²) in [6, 6.07) is 12.7. The number of hydrogen-bond donors (Lipinski definition) is 2. The van der Waals surface area contributed by atoms with Gasteiger partial charge < -0.3 is 4.98 Å². The fourth-order valence-corrected chi connectivity index (χ4v) is 6.78. The van der Waals surface area contributed by atoms with Gasteiger partial charge in [0.2, 0.25) is 15.0 Å². The minimum absolute atomic E-state index is 0. The van der Waals surface area contributed by atoms with E-state index >= 15 is 0 Å². The Balaban J connectivity index is 0.000000268. The Hall–Kier alpha value is -2.34. The Morgan fingerprint density at radius 1 is 0.769 bits per heavy atom. The van der Waals surface area contributed by atoms with Crippen LogP contribution >= 0.6 is 58.2 Å². The minimum atomic E-state index is -3.84. The van der Waals surface area contributed by atoms with Crippen molar-refractivity contribution in [3.63, 3.8) is 0 Å². The van der Waals surface area contributed by atoms with Crippen molar-refractivity contribution in [3.8, 4) is 0 Å². The minimum Gasteiger partial charge on any atom is -0.301 e. The first-order valence-electron chi connectivity index (χ1n) is 10.7. The molecule has 2 heterocycles. The summed E-state index contributed by atoms with van der Waals surface area (Å²) in [6.45, 7) is 3.32. The zero-order valence-electron chi connectivity index (χ0n) is 19.9. The number of halogens is 4. The lowest BCUT2D eigenvalue weighted by Crippen LogP contribution is -2.17. The number of nitrogens with zero attached hydrogens (tertiary/aromatic N) is 2. The zero-order valence-corrected chi connectivity index (χ0v) is 24.5. The van der Waals surface area contributed by atoms with Crippen LogP contribution in [0, 0.1) is 13.8 Å². The van der Waals surface area contributed by atoms with E-state index in [1.807, 2.05) is 0 Å². The quantitative estimate of drug-likeness (QED) is 0.176. The van der Waals surface area contributed by atoms with Gasteiger partial charge in [0, 0.05) is 54.9 Å². The monoisotopic (exact) mass is 648 g/mol. The summed E-state index contributed by atoms with van der Waals surface area (Å²) in [7, 11) is -3.84. The van der Waals surface area contributed by atoms with Gasteiger partial charge in [-0.25, -0.2) is 18.4 Å². The number of aromatic amines is 2. The van der Waals surface area contributed by atoms with Crippen molar-refractivity contribution < 1.29 is 8.42 Å². The summed E-state index contributed by atoms with van der Waals surface area (Å²) < 4.78 is 24.5. The van der Waals surface area contributed by atoms with Crippen LogP contribution < -0.4 is 11.1 Å². The molecule has 0 spiro atoms. The number of thioether (sulfide) groups is 1. The van der Waals surface area contributed by atoms with Gasteiger partial charge in [-0.05, 0) is 43.7 Å². The number of rotatable bonds is 6. The van der Waals surface area contributed by atoms with Gasteiger partial charge in [-0.15, -0.1) is 0 Å². The van der Waals surface area contributed by atoms with Crippen molar-refractivity contribution in [3.05, 3.63) is 112 Å². The van der Waals surface area contributed by atoms with Crippen LogP contribution in [0.1, 0.15) is 29.9 Å². The molecule has 0 bridgehead atoms. The van der Waals surface area contributed by atoms with Crippen molar-refractivity contribution in [1.29, 1.82) is 0 Å². The van der Waals surface area contributed by atoms with Crippen LogP contribution in [-0.4, -0.2) is 28.4 Å². The van der Waals surface area contributed by atoms with E-state index in [9.17, 15) is 18.0 Å². The largest absolute Gasteiger partial charge is 0.301 e. The molecule has 0 aliphatic carbocycles. The van der Waals surface area contributed by atoms with Crippen LogP contribution in [-0.2, 0) is 21.3 Å². The lowest BCUT2D eigenvalue weighted by molar-refractivity contribution is 0.584. The molecule has 0 atom stereocenters. The molecule has 0 aliphatic heterocycles. The Kier molecular flexibility index (Phi) is 12.1. The van der Waals surface area contributed by atoms with Crippen LogP contribution in [0.15, 0.2) is 68.4 Å². The molecule has 0 aliphatic rings. The zero-order chi connectivity index (χ0) is 28.0. The Morgan fingerprint density at radius 3 is 1.72 bits per heavy atom. The Labute approximate surface area is 250 Å². The van der Waals surface area contributed by atoms with Gasteiger partial charge >= 0.3 is 0 Å². The molecule has 0 saturated carbocycles. The van der Waals surface area contributed by atoms with Crippen LogP contribution in [0.2, 0.25) is 20.1 Å². The normalized spacial score (nSPS) is 10.8. The highest BCUT2D eigenvalue weighted by Gasteiger charge is 2.22. The number of H-pyrrole nitrogens is 2. The van der Waals surface area contributed by atoms with Gasteiger partial charge in [0.05, 0.1) is 5.75 Å². The second-order valence-corrected chi connectivity index (χ2v) is 12.3. The number of hydrogen-bond acceptors (Lipinski definition) is 7. The highest BCUT2D eigenvalue weighted by atomic mass is 35.5. The van der Waals surface area contributed by atoms with Crippen molar-refractivity contribution in [2.45, 2.75) is 43.1 Å². The average molecular weight is 650 g/mol. The summed E-state index contributed by atoms with van der Waals surface area (Å²) in [5.41, 5.74) is 1.44. The van der Waals surface area contributed by atoms with Gasteiger partial charge in [-0.1, -0.05) is 77.7 Å². The summed E-state index contributed by atoms with van der Waals surface area (Å²) in [6.07, 6.45) is 0. The second kappa shape index (κ2) is 14.3. The van der Waals surface area contributed by atoms with E-state index in [1.165, 1.54) is 30.8 Å². The smallest absolute Gasteiger partial charge is 0.251 e. The van der Waals surface area contributed by atoms with E-state index < -0.39 is 26.3 Å². The van der Waals surface area contributed by atoms with E-state index in [0.29, 0.717) is 32.3 Å². The second-order valence-electron chi connectivity index (χ2n) is 7.83. The molecule has 0 amide bonds. The maximum Gasteiger partial charge on any atom is 0.251 e. The predicted octanol–water partition coefficient (Wildman–Crippen LogP) is 6.67. The Morgan fingerprint density at radius 2 is 1.23 bits per heavy atom. The predicted molar refractivity (Wildman–Crippen MR) is 159 cm³/mol. The summed E-state index contributed by atoms with van der Waals surface area (Å²) >= 11 is 25.4. The molecule has 8 nitrogen and oxygen atoms in total. The van der Waals surface area contributed by atoms with Gasteiger partial charge in [0.25, 0.3) is 11.1 Å². The number of aryl methyl sites for hydroxylation is 2. The third kappa shape index (κ3) is 9.37. The topological polar surface area (TPSA) is 126 Å². The van der Waals surface area contributed by atoms with Gasteiger partial charge in [-0.3, -0.25) is 14.6 Å². The maximum atomic E-state index is 12.3. The lowest BCUT2D eigenvalue weighted by Gasteiger charge is -2.07. The number of aromatic nitrogens is 4. The van der Waals surface area contributed by atoms with Crippen LogP contribution in [0.4, 0.5) is 0 Å². The van der Waals surface area contributed by atoms with E-state index in [0.717, 1.165) is 5.56 Å². The van der Waals surface area contributed by atoms with Gasteiger partial charge in [0.15, 0.2) is 5.16 Å². The van der Waals surface area contributed by atoms with E-state index in [-0.39, 0.29) is 28.6 Å². The fourth-order valence-electron chi connectivity index (χ4n) is 3.06. The Bertz CT molecular complexity index is 1650. The highest BCUT2D eigenvalue weighted by molar-refractivity contribution is 7.98. The molecule has 0 radical (unpaired) electrons. The molecule has 0 unspecified atom stereocenters. The fraction of sp³-hybridized carbons (Fsp3) is 0.200. The molecular weight excluding hydrogens is 626 g/mol. The third-order valence-electron chi connectivity index (χ3n) is 4.80. The number of sulfone groups is 1. The molecule has 2 N–H and O–H groups in total. The molecule has 2 aromatic carbocycles. The van der Waals surface area contributed by atoms with Crippen molar-refractivity contribution >= 4 is 68.0 Å².